The minimum atomic E-state index is -2.15. The number of ether oxygens (including phenoxy) is 2. The van der Waals surface area contributed by atoms with Crippen molar-refractivity contribution in [2.45, 2.75) is 89.8 Å². The number of nitrogens with zero attached hydrogens (tertiary/aromatic N) is 1. The highest BCUT2D eigenvalue weighted by Gasteiger charge is 2.56. The Hall–Kier alpha value is -1.41. The number of hydrogen-bond donors (Lipinski definition) is 0. The van der Waals surface area contributed by atoms with Crippen LogP contribution in [-0.2, 0) is 18.7 Å². The maximum atomic E-state index is 15.1. The topological polar surface area (TPSA) is 65.1 Å². The number of carbonyl (C=O) groups excluding carboxylic acids is 2. The first kappa shape index (κ1) is 25.6. The lowest BCUT2D eigenvalue weighted by Crippen LogP contribution is -2.57. The fourth-order valence-corrected chi connectivity index (χ4v) is 4.09. The molecule has 0 aromatic heterocycles. The van der Waals surface area contributed by atoms with E-state index >= 15 is 4.39 Å². The Bertz CT molecular complexity index is 638. The van der Waals surface area contributed by atoms with Crippen molar-refractivity contribution < 1.29 is 27.9 Å². The first-order valence-electron chi connectivity index (χ1n) is 10.0. The third-order valence-electron chi connectivity index (χ3n) is 5.77. The predicted octanol–water partition coefficient (Wildman–Crippen LogP) is 4.85. The number of likely N-dealkylation sites (tertiary alicyclic amines) is 1. The Kier molecular flexibility index (Phi) is 7.74. The summed E-state index contributed by atoms with van der Waals surface area (Å²) in [4.78, 5) is 26.8. The SMILES string of the molecule is C=C1CCN(C(=O)OC(C)(C)C)C1(CC(F)CO[Si](C)(C)C(C)(C)C)C(=O)OC. The molecule has 1 saturated heterocycles. The molecule has 1 amide bonds. The monoisotopic (exact) mass is 431 g/mol. The molecule has 1 fully saturated rings. The van der Waals surface area contributed by atoms with Crippen molar-refractivity contribution in [1.29, 1.82) is 0 Å². The van der Waals surface area contributed by atoms with Crippen LogP contribution < -0.4 is 0 Å². The molecule has 0 aliphatic carbocycles. The third-order valence-corrected chi connectivity index (χ3v) is 10.3. The number of amides is 1. The largest absolute Gasteiger partial charge is 0.467 e. The lowest BCUT2D eigenvalue weighted by atomic mass is 9.86. The second-order valence-electron chi connectivity index (χ2n) is 10.2. The van der Waals surface area contributed by atoms with Crippen LogP contribution in [-0.4, -0.2) is 62.9 Å². The van der Waals surface area contributed by atoms with Crippen molar-refractivity contribution in [3.05, 3.63) is 12.2 Å². The van der Waals surface area contributed by atoms with Gasteiger partial charge in [-0.05, 0) is 50.9 Å². The van der Waals surface area contributed by atoms with Gasteiger partial charge in [-0.25, -0.2) is 14.0 Å². The zero-order chi connectivity index (χ0) is 22.8. The van der Waals surface area contributed by atoms with Crippen molar-refractivity contribution in [2.24, 2.45) is 0 Å². The Labute approximate surface area is 175 Å². The van der Waals surface area contributed by atoms with Gasteiger partial charge >= 0.3 is 12.1 Å². The van der Waals surface area contributed by atoms with Gasteiger partial charge in [0.25, 0.3) is 0 Å². The van der Waals surface area contributed by atoms with E-state index in [-0.39, 0.29) is 24.6 Å². The van der Waals surface area contributed by atoms with Gasteiger partial charge in [-0.3, -0.25) is 4.90 Å². The summed E-state index contributed by atoms with van der Waals surface area (Å²) in [5.41, 5.74) is -1.89. The van der Waals surface area contributed by atoms with Crippen LogP contribution in [0.2, 0.25) is 18.1 Å². The van der Waals surface area contributed by atoms with Gasteiger partial charge in [0.05, 0.1) is 13.7 Å². The van der Waals surface area contributed by atoms with Crippen LogP contribution in [0, 0.1) is 0 Å². The number of hydrogen-bond acceptors (Lipinski definition) is 5. The molecule has 1 rings (SSSR count). The molecule has 6 nitrogen and oxygen atoms in total. The minimum absolute atomic E-state index is 0.0632. The molecule has 2 atom stereocenters. The Morgan fingerprint density at radius 2 is 1.79 bits per heavy atom. The molecule has 0 bridgehead atoms. The quantitative estimate of drug-likeness (QED) is 0.342. The van der Waals surface area contributed by atoms with Crippen LogP contribution in [0.1, 0.15) is 54.4 Å². The van der Waals surface area contributed by atoms with Gasteiger partial charge < -0.3 is 13.9 Å². The van der Waals surface area contributed by atoms with Gasteiger partial charge in [-0.15, -0.1) is 0 Å². The molecule has 0 saturated carbocycles. The van der Waals surface area contributed by atoms with Gasteiger partial charge in [-0.1, -0.05) is 27.4 Å². The third kappa shape index (κ3) is 5.81. The molecule has 168 valence electrons. The molecule has 0 radical (unpaired) electrons. The van der Waals surface area contributed by atoms with Crippen molar-refractivity contribution in [1.82, 2.24) is 4.90 Å². The second kappa shape index (κ2) is 8.76. The number of carbonyl (C=O) groups is 2. The molecule has 0 N–H and O–H groups in total. The zero-order valence-corrected chi connectivity index (χ0v) is 20.5. The first-order chi connectivity index (χ1) is 13.0. The highest BCUT2D eigenvalue weighted by Crippen LogP contribution is 2.41. The average molecular weight is 432 g/mol. The van der Waals surface area contributed by atoms with Gasteiger partial charge in [0.15, 0.2) is 13.9 Å². The first-order valence-corrected chi connectivity index (χ1v) is 12.9. The summed E-state index contributed by atoms with van der Waals surface area (Å²) >= 11 is 0. The average Bonchev–Trinajstić information content (AvgIpc) is 2.87. The minimum Gasteiger partial charge on any atom is -0.467 e. The number of alkyl halides is 1. The molecule has 0 aromatic carbocycles. The van der Waals surface area contributed by atoms with Crippen LogP contribution >= 0.6 is 0 Å². The van der Waals surface area contributed by atoms with E-state index in [1.54, 1.807) is 20.8 Å². The fourth-order valence-electron chi connectivity index (χ4n) is 3.06. The van der Waals surface area contributed by atoms with Crippen LogP contribution in [0.5, 0.6) is 0 Å². The summed E-state index contributed by atoms with van der Waals surface area (Å²) in [6.45, 7) is 19.5. The number of rotatable bonds is 6. The van der Waals surface area contributed by atoms with Gasteiger partial charge in [0.2, 0.25) is 0 Å². The molecular weight excluding hydrogens is 393 g/mol. The number of methoxy groups -OCH3 is 1. The normalized spacial score (nSPS) is 21.9. The summed E-state index contributed by atoms with van der Waals surface area (Å²) in [5.74, 6) is -0.708. The van der Waals surface area contributed by atoms with E-state index in [0.29, 0.717) is 12.0 Å². The number of esters is 1. The molecule has 29 heavy (non-hydrogen) atoms. The maximum absolute atomic E-state index is 15.1. The van der Waals surface area contributed by atoms with Gasteiger partial charge in [0, 0.05) is 13.0 Å². The van der Waals surface area contributed by atoms with E-state index in [4.69, 9.17) is 13.9 Å². The molecule has 1 aliphatic heterocycles. The lowest BCUT2D eigenvalue weighted by Gasteiger charge is -2.39. The molecule has 8 heteroatoms. The van der Waals surface area contributed by atoms with E-state index in [2.05, 4.69) is 27.4 Å². The highest BCUT2D eigenvalue weighted by atomic mass is 28.4. The fraction of sp³-hybridized carbons (Fsp3) is 0.810. The molecular formula is C21H38FNO5Si. The smallest absolute Gasteiger partial charge is 0.411 e. The van der Waals surface area contributed by atoms with E-state index < -0.39 is 37.7 Å². The maximum Gasteiger partial charge on any atom is 0.411 e. The summed E-state index contributed by atoms with van der Waals surface area (Å²) in [7, 11) is -0.930. The summed E-state index contributed by atoms with van der Waals surface area (Å²) < 4.78 is 31.5. The summed E-state index contributed by atoms with van der Waals surface area (Å²) in [6, 6.07) is 0. The molecule has 2 unspecified atom stereocenters. The van der Waals surface area contributed by atoms with E-state index in [1.165, 1.54) is 12.0 Å². The molecule has 0 aromatic rings. The molecule has 0 spiro atoms. The summed E-state index contributed by atoms with van der Waals surface area (Å²) in [6.07, 6.45) is -2.04. The predicted molar refractivity (Wildman–Crippen MR) is 114 cm³/mol. The van der Waals surface area contributed by atoms with Crippen LogP contribution in [0.3, 0.4) is 0 Å². The van der Waals surface area contributed by atoms with E-state index in [0.717, 1.165) is 0 Å². The van der Waals surface area contributed by atoms with E-state index in [1.807, 2.05) is 13.1 Å². The van der Waals surface area contributed by atoms with Crippen molar-refractivity contribution in [2.75, 3.05) is 20.3 Å². The van der Waals surface area contributed by atoms with Crippen molar-refractivity contribution in [3.63, 3.8) is 0 Å². The lowest BCUT2D eigenvalue weighted by molar-refractivity contribution is -0.152. The van der Waals surface area contributed by atoms with Crippen LogP contribution in [0.15, 0.2) is 12.2 Å². The van der Waals surface area contributed by atoms with Crippen LogP contribution in [0.4, 0.5) is 9.18 Å². The Morgan fingerprint density at radius 3 is 2.24 bits per heavy atom. The molecule has 1 aliphatic rings. The summed E-state index contributed by atoms with van der Waals surface area (Å²) in [5, 5.41) is -0.0632. The number of halogens is 1. The van der Waals surface area contributed by atoms with Crippen LogP contribution in [0.25, 0.3) is 0 Å². The van der Waals surface area contributed by atoms with Gasteiger partial charge in [0.1, 0.15) is 11.8 Å². The van der Waals surface area contributed by atoms with Crippen molar-refractivity contribution in [3.8, 4) is 0 Å². The van der Waals surface area contributed by atoms with Gasteiger partial charge in [-0.2, -0.15) is 0 Å². The zero-order valence-electron chi connectivity index (χ0n) is 19.5. The second-order valence-corrected chi connectivity index (χ2v) is 15.0. The van der Waals surface area contributed by atoms with Crippen molar-refractivity contribution >= 4 is 20.4 Å². The standard InChI is InChI=1S/C21H38FNO5Si/c1-15-11-12-23(18(25)28-19(2,3)4)21(15,17(24)26-8)13-16(22)14-27-29(9,10)20(5,6)7/h16H,1,11-14H2,2-10H3. The van der Waals surface area contributed by atoms with E-state index in [9.17, 15) is 9.59 Å². The Morgan fingerprint density at radius 1 is 1.24 bits per heavy atom. The molecule has 1 heterocycles. The Balaban J connectivity index is 3.11. The highest BCUT2D eigenvalue weighted by molar-refractivity contribution is 6.74.